The zero-order valence-electron chi connectivity index (χ0n) is 21.1. The predicted octanol–water partition coefficient (Wildman–Crippen LogP) is 5.91. The van der Waals surface area contributed by atoms with Gasteiger partial charge in [0.1, 0.15) is 6.04 Å². The molecular weight excluding hydrogens is 456 g/mol. The number of hydrogen-bond donors (Lipinski definition) is 1. The molecule has 1 N–H and O–H groups in total. The predicted molar refractivity (Wildman–Crippen MR) is 143 cm³/mol. The van der Waals surface area contributed by atoms with Crippen LogP contribution in [0.15, 0.2) is 72.8 Å². The van der Waals surface area contributed by atoms with Gasteiger partial charge >= 0.3 is 0 Å². The first-order chi connectivity index (χ1) is 16.7. The van der Waals surface area contributed by atoms with E-state index >= 15 is 0 Å². The number of halogens is 1. The van der Waals surface area contributed by atoms with Gasteiger partial charge in [-0.2, -0.15) is 0 Å². The zero-order valence-corrected chi connectivity index (χ0v) is 21.8. The molecule has 0 saturated carbocycles. The number of carbonyl (C=O) groups is 2. The van der Waals surface area contributed by atoms with Crippen molar-refractivity contribution in [1.82, 2.24) is 10.2 Å². The molecule has 1 atom stereocenters. The molecule has 0 aromatic heterocycles. The first-order valence-corrected chi connectivity index (χ1v) is 12.5. The van der Waals surface area contributed by atoms with Crippen molar-refractivity contribution in [2.75, 3.05) is 6.54 Å². The van der Waals surface area contributed by atoms with Crippen molar-refractivity contribution in [2.24, 2.45) is 5.92 Å². The van der Waals surface area contributed by atoms with Crippen LogP contribution in [0.4, 0.5) is 0 Å². The van der Waals surface area contributed by atoms with Crippen molar-refractivity contribution in [2.45, 2.75) is 53.1 Å². The molecule has 2 amide bonds. The van der Waals surface area contributed by atoms with Gasteiger partial charge in [0, 0.05) is 24.5 Å². The van der Waals surface area contributed by atoms with E-state index in [2.05, 4.69) is 25.2 Å². The van der Waals surface area contributed by atoms with E-state index in [9.17, 15) is 9.59 Å². The fourth-order valence-corrected chi connectivity index (χ4v) is 4.43. The van der Waals surface area contributed by atoms with Crippen LogP contribution in [-0.4, -0.2) is 29.3 Å². The highest BCUT2D eigenvalue weighted by molar-refractivity contribution is 6.31. The van der Waals surface area contributed by atoms with Crippen LogP contribution in [0, 0.1) is 19.8 Å². The maximum Gasteiger partial charge on any atom is 0.243 e. The minimum Gasteiger partial charge on any atom is -0.354 e. The van der Waals surface area contributed by atoms with Gasteiger partial charge in [-0.25, -0.2) is 0 Å². The number of carbonyl (C=O) groups excluding carboxylic acids is 2. The normalized spacial score (nSPS) is 11.8. The second-order valence-corrected chi connectivity index (χ2v) is 10.0. The highest BCUT2D eigenvalue weighted by Gasteiger charge is 2.31. The van der Waals surface area contributed by atoms with E-state index < -0.39 is 6.04 Å². The summed E-state index contributed by atoms with van der Waals surface area (Å²) in [4.78, 5) is 29.0. The van der Waals surface area contributed by atoms with Gasteiger partial charge in [0.15, 0.2) is 0 Å². The molecule has 0 aliphatic heterocycles. The molecule has 0 radical (unpaired) electrons. The molecular formula is C30H35ClN2O2. The fourth-order valence-electron chi connectivity index (χ4n) is 4.23. The van der Waals surface area contributed by atoms with Crippen molar-refractivity contribution in [1.29, 1.82) is 0 Å². The number of hydrogen-bond acceptors (Lipinski definition) is 2. The molecule has 3 aromatic rings. The lowest BCUT2D eigenvalue weighted by atomic mass is 10.00. The lowest BCUT2D eigenvalue weighted by Gasteiger charge is -2.32. The van der Waals surface area contributed by atoms with Gasteiger partial charge in [0.25, 0.3) is 0 Å². The maximum absolute atomic E-state index is 13.8. The summed E-state index contributed by atoms with van der Waals surface area (Å²) in [6.45, 7) is 8.98. The first-order valence-electron chi connectivity index (χ1n) is 12.1. The Morgan fingerprint density at radius 1 is 0.886 bits per heavy atom. The minimum atomic E-state index is -0.661. The smallest absolute Gasteiger partial charge is 0.243 e. The monoisotopic (exact) mass is 490 g/mol. The average molecular weight is 491 g/mol. The number of amides is 2. The zero-order chi connectivity index (χ0) is 25.4. The Morgan fingerprint density at radius 3 is 2.14 bits per heavy atom. The molecule has 0 saturated heterocycles. The first kappa shape index (κ1) is 26.5. The van der Waals surface area contributed by atoms with Gasteiger partial charge in [0.2, 0.25) is 11.8 Å². The molecule has 35 heavy (non-hydrogen) atoms. The van der Waals surface area contributed by atoms with E-state index in [1.54, 1.807) is 4.90 Å². The number of nitrogens with one attached hydrogen (secondary N) is 1. The average Bonchev–Trinajstić information content (AvgIpc) is 2.80. The third kappa shape index (κ3) is 7.97. The highest BCUT2D eigenvalue weighted by Crippen LogP contribution is 2.22. The molecule has 0 spiro atoms. The van der Waals surface area contributed by atoms with Crippen molar-refractivity contribution in [3.8, 4) is 0 Å². The molecule has 0 unspecified atom stereocenters. The van der Waals surface area contributed by atoms with E-state index in [1.165, 1.54) is 0 Å². The highest BCUT2D eigenvalue weighted by atomic mass is 35.5. The van der Waals surface area contributed by atoms with E-state index in [0.717, 1.165) is 27.8 Å². The quantitative estimate of drug-likeness (QED) is 0.384. The Morgan fingerprint density at radius 2 is 1.51 bits per heavy atom. The minimum absolute atomic E-state index is 0.101. The molecule has 3 aromatic carbocycles. The van der Waals surface area contributed by atoms with Crippen LogP contribution in [0.25, 0.3) is 0 Å². The van der Waals surface area contributed by atoms with Gasteiger partial charge < -0.3 is 10.2 Å². The third-order valence-corrected chi connectivity index (χ3v) is 6.26. The summed E-state index contributed by atoms with van der Waals surface area (Å²) < 4.78 is 0. The Balaban J connectivity index is 1.98. The van der Waals surface area contributed by atoms with E-state index in [1.807, 2.05) is 80.6 Å². The Bertz CT molecular complexity index is 1120. The van der Waals surface area contributed by atoms with E-state index in [-0.39, 0.29) is 24.8 Å². The summed E-state index contributed by atoms with van der Waals surface area (Å²) in [6, 6.07) is 22.8. The van der Waals surface area contributed by atoms with Crippen molar-refractivity contribution in [3.63, 3.8) is 0 Å². The summed E-state index contributed by atoms with van der Waals surface area (Å²) in [5.41, 5.74) is 4.98. The van der Waals surface area contributed by atoms with Crippen LogP contribution in [0.5, 0.6) is 0 Å². The Hall–Kier alpha value is -3.11. The summed E-state index contributed by atoms with van der Waals surface area (Å²) in [6.07, 6.45) is 0.642. The van der Waals surface area contributed by atoms with E-state index in [0.29, 0.717) is 23.9 Å². The summed E-state index contributed by atoms with van der Waals surface area (Å²) in [5.74, 6) is 0.0539. The van der Waals surface area contributed by atoms with Crippen LogP contribution >= 0.6 is 11.6 Å². The summed E-state index contributed by atoms with van der Waals surface area (Å²) >= 11 is 6.48. The van der Waals surface area contributed by atoms with Gasteiger partial charge in [-0.1, -0.05) is 103 Å². The van der Waals surface area contributed by atoms with Gasteiger partial charge in [-0.3, -0.25) is 9.59 Å². The molecule has 184 valence electrons. The fraction of sp³-hybridized carbons (Fsp3) is 0.333. The second-order valence-electron chi connectivity index (χ2n) is 9.63. The lowest BCUT2D eigenvalue weighted by Crippen LogP contribution is -2.51. The van der Waals surface area contributed by atoms with Crippen molar-refractivity contribution in [3.05, 3.63) is 106 Å². The Labute approximate surface area is 214 Å². The van der Waals surface area contributed by atoms with Crippen molar-refractivity contribution < 1.29 is 9.59 Å². The van der Waals surface area contributed by atoms with Gasteiger partial charge in [-0.05, 0) is 42.5 Å². The number of nitrogens with zero attached hydrogens (tertiary/aromatic N) is 1. The molecule has 0 aliphatic carbocycles. The molecule has 0 bridgehead atoms. The molecule has 4 nitrogen and oxygen atoms in total. The number of benzene rings is 3. The molecule has 3 rings (SSSR count). The summed E-state index contributed by atoms with van der Waals surface area (Å²) in [5, 5.41) is 3.64. The van der Waals surface area contributed by atoms with Gasteiger partial charge in [0.05, 0.1) is 6.42 Å². The van der Waals surface area contributed by atoms with Crippen LogP contribution in [-0.2, 0) is 29.0 Å². The van der Waals surface area contributed by atoms with E-state index in [4.69, 9.17) is 11.6 Å². The van der Waals surface area contributed by atoms with Crippen molar-refractivity contribution >= 4 is 23.4 Å². The SMILES string of the molecule is Cc1cc(C)cc(CC(=O)N(Cc2ccccc2Cl)[C@@H](Cc2ccccc2)C(=O)NCC(C)C)c1. The number of rotatable bonds is 10. The van der Waals surface area contributed by atoms with Crippen LogP contribution in [0.3, 0.4) is 0 Å². The maximum atomic E-state index is 13.8. The topological polar surface area (TPSA) is 49.4 Å². The molecule has 5 heteroatoms. The largest absolute Gasteiger partial charge is 0.354 e. The Kier molecular flexibility index (Phi) is 9.50. The molecule has 0 aliphatic rings. The summed E-state index contributed by atoms with van der Waals surface area (Å²) in [7, 11) is 0. The van der Waals surface area contributed by atoms with Crippen LogP contribution in [0.2, 0.25) is 5.02 Å². The second kappa shape index (κ2) is 12.6. The van der Waals surface area contributed by atoms with Crippen LogP contribution in [0.1, 0.15) is 41.7 Å². The lowest BCUT2D eigenvalue weighted by molar-refractivity contribution is -0.140. The molecule has 0 fully saturated rings. The number of aryl methyl sites for hydroxylation is 2. The standard InChI is InChI=1S/C30H35ClN2O2/c1-21(2)19-32-30(35)28(17-24-10-6-5-7-11-24)33(20-26-12-8-9-13-27(26)31)29(34)18-25-15-22(3)14-23(4)16-25/h5-16,21,28H,17-20H2,1-4H3,(H,32,35)/t28-/m0/s1. The van der Waals surface area contributed by atoms with Crippen LogP contribution < -0.4 is 5.32 Å². The molecule has 0 heterocycles. The third-order valence-electron chi connectivity index (χ3n) is 5.89. The van der Waals surface area contributed by atoms with Gasteiger partial charge in [-0.15, -0.1) is 0 Å².